The molecule has 0 amide bonds. The number of hydrogen-bond acceptors (Lipinski definition) is 3. The van der Waals surface area contributed by atoms with Gasteiger partial charge in [-0.1, -0.05) is 116 Å². The Bertz CT molecular complexity index is 2260. The van der Waals surface area contributed by atoms with Gasteiger partial charge in [-0.2, -0.15) is 11.3 Å². The zero-order valence-electron chi connectivity index (χ0n) is 27.1. The Hall–Kier alpha value is -4.51. The van der Waals surface area contributed by atoms with Crippen LogP contribution < -0.4 is 5.19 Å². The minimum atomic E-state index is -1.23. The number of benzene rings is 5. The van der Waals surface area contributed by atoms with Gasteiger partial charge in [-0.05, 0) is 61.0 Å². The van der Waals surface area contributed by atoms with Gasteiger partial charge in [0.1, 0.15) is 0 Å². The molecule has 0 atom stereocenters. The van der Waals surface area contributed by atoms with Crippen molar-refractivity contribution >= 4 is 44.8 Å². The molecule has 3 aromatic heterocycles. The number of aromatic nitrogens is 2. The molecule has 2 nitrogen and oxygen atoms in total. The summed E-state index contributed by atoms with van der Waals surface area (Å²) in [5, 5.41) is 3.95. The van der Waals surface area contributed by atoms with Gasteiger partial charge in [0.25, 0.3) is 0 Å². The van der Waals surface area contributed by atoms with Crippen LogP contribution in [0.5, 0.6) is 0 Å². The third kappa shape index (κ3) is 7.46. The average molecular weight is 831 g/mol. The van der Waals surface area contributed by atoms with Crippen molar-refractivity contribution in [2.24, 2.45) is 0 Å². The zero-order valence-corrected chi connectivity index (χ0v) is 31.3. The first-order chi connectivity index (χ1) is 22.9. The molecule has 5 aromatic carbocycles. The summed E-state index contributed by atoms with van der Waals surface area (Å²) in [6.07, 6.45) is 3.90. The van der Waals surface area contributed by atoms with Gasteiger partial charge in [0.05, 0.1) is 8.07 Å². The van der Waals surface area contributed by atoms with E-state index >= 15 is 0 Å². The van der Waals surface area contributed by atoms with Crippen molar-refractivity contribution in [2.75, 3.05) is 0 Å². The van der Waals surface area contributed by atoms with E-state index in [1.54, 1.807) is 0 Å². The first kappa shape index (κ1) is 33.4. The maximum absolute atomic E-state index is 4.63. The summed E-state index contributed by atoms with van der Waals surface area (Å²) >= 11 is 1.82. The molecule has 0 spiro atoms. The SMILES string of the molecule is C[Si](C)(C)c1ccc(-c2[c-]cccc2)nc1.[Ir].[c-]1cc2sc3cc(-c4ccccc4)ccc3c2cc1-c1cc(-c2ccccc2)ccn1. The fourth-order valence-electron chi connectivity index (χ4n) is 5.62. The fraction of sp³-hybridized carbons (Fsp3) is 0.0698. The van der Waals surface area contributed by atoms with Crippen molar-refractivity contribution < 1.29 is 20.1 Å². The van der Waals surface area contributed by atoms with Crippen molar-refractivity contribution in [2.45, 2.75) is 19.6 Å². The Kier molecular flexibility index (Phi) is 10.2. The van der Waals surface area contributed by atoms with Gasteiger partial charge in [-0.3, -0.25) is 0 Å². The van der Waals surface area contributed by atoms with Gasteiger partial charge in [0, 0.05) is 37.2 Å². The van der Waals surface area contributed by atoms with Crippen LogP contribution in [0.3, 0.4) is 0 Å². The molecule has 0 unspecified atom stereocenters. The zero-order chi connectivity index (χ0) is 32.2. The maximum Gasteiger partial charge on any atom is 0.0795 e. The van der Waals surface area contributed by atoms with Gasteiger partial charge >= 0.3 is 0 Å². The predicted molar refractivity (Wildman–Crippen MR) is 204 cm³/mol. The topological polar surface area (TPSA) is 25.8 Å². The first-order valence-corrected chi connectivity index (χ1v) is 20.1. The molecule has 0 N–H and O–H groups in total. The number of fused-ring (bicyclic) bond motifs is 3. The normalized spacial score (nSPS) is 11.1. The number of hydrogen-bond donors (Lipinski definition) is 0. The van der Waals surface area contributed by atoms with Crippen LogP contribution in [0, 0.1) is 12.1 Å². The third-order valence-corrected chi connectivity index (χ3v) is 11.4. The van der Waals surface area contributed by atoms with Gasteiger partial charge in [0.15, 0.2) is 0 Å². The van der Waals surface area contributed by atoms with Crippen LogP contribution >= 0.6 is 11.3 Å². The molecule has 0 saturated carbocycles. The Labute approximate surface area is 301 Å². The van der Waals surface area contributed by atoms with Crippen LogP contribution in [0.4, 0.5) is 0 Å². The van der Waals surface area contributed by atoms with Crippen molar-refractivity contribution in [1.29, 1.82) is 0 Å². The van der Waals surface area contributed by atoms with E-state index in [4.69, 9.17) is 0 Å². The summed E-state index contributed by atoms with van der Waals surface area (Å²) in [6, 6.07) is 55.2. The van der Waals surface area contributed by atoms with E-state index in [2.05, 4.69) is 151 Å². The summed E-state index contributed by atoms with van der Waals surface area (Å²) in [7, 11) is -1.23. The molecule has 0 aliphatic heterocycles. The molecule has 237 valence electrons. The Morgan fingerprint density at radius 1 is 0.542 bits per heavy atom. The average Bonchev–Trinajstić information content (AvgIpc) is 3.50. The third-order valence-electron chi connectivity index (χ3n) is 8.27. The van der Waals surface area contributed by atoms with Crippen LogP contribution in [0.1, 0.15) is 0 Å². The smallest absolute Gasteiger partial charge is 0.0795 e. The molecular weight excluding hydrogens is 797 g/mol. The fourth-order valence-corrected chi connectivity index (χ4v) is 7.76. The number of thiophene rings is 1. The second-order valence-electron chi connectivity index (χ2n) is 12.6. The van der Waals surface area contributed by atoms with Gasteiger partial charge in [-0.15, -0.1) is 59.7 Å². The van der Waals surface area contributed by atoms with E-state index in [1.807, 2.05) is 54.1 Å². The van der Waals surface area contributed by atoms with Crippen LogP contribution in [0.15, 0.2) is 152 Å². The van der Waals surface area contributed by atoms with Crippen molar-refractivity contribution in [3.8, 4) is 44.8 Å². The number of pyridine rings is 2. The molecule has 8 aromatic rings. The van der Waals surface area contributed by atoms with E-state index in [0.29, 0.717) is 0 Å². The molecule has 0 fully saturated rings. The molecule has 8 rings (SSSR count). The standard InChI is InChI=1S/C29H18NS.C14H16NSi.Ir/c1-3-7-20(8-4-1)22-11-13-25-26-17-24(12-14-28(26)31-29(25)19-22)27-18-23(15-16-30-27)21-9-5-2-6-10-21;1-16(2,3)13-9-10-14(15-11-13)12-7-5-4-6-8-12;/h1-11,13-19H;4-7,9-11H,1-3H3;/q2*-1;. The van der Waals surface area contributed by atoms with E-state index in [1.165, 1.54) is 47.6 Å². The quantitative estimate of drug-likeness (QED) is 0.128. The van der Waals surface area contributed by atoms with E-state index in [-0.39, 0.29) is 20.1 Å². The maximum atomic E-state index is 4.63. The van der Waals surface area contributed by atoms with Crippen molar-refractivity contribution in [3.63, 3.8) is 0 Å². The second-order valence-corrected chi connectivity index (χ2v) is 18.7. The van der Waals surface area contributed by atoms with E-state index in [0.717, 1.165) is 22.5 Å². The molecule has 1 radical (unpaired) electrons. The van der Waals surface area contributed by atoms with E-state index < -0.39 is 8.07 Å². The van der Waals surface area contributed by atoms with Gasteiger partial charge in [0.2, 0.25) is 0 Å². The molecule has 0 saturated heterocycles. The van der Waals surface area contributed by atoms with Crippen LogP contribution in [-0.2, 0) is 20.1 Å². The van der Waals surface area contributed by atoms with Crippen LogP contribution in [0.2, 0.25) is 19.6 Å². The van der Waals surface area contributed by atoms with Crippen molar-refractivity contribution in [1.82, 2.24) is 9.97 Å². The van der Waals surface area contributed by atoms with Crippen LogP contribution in [-0.4, -0.2) is 18.0 Å². The molecular formula is C43H34IrN2SSi-2. The van der Waals surface area contributed by atoms with E-state index in [9.17, 15) is 0 Å². The monoisotopic (exact) mass is 831 g/mol. The largest absolute Gasteiger partial charge is 0.305 e. The number of rotatable bonds is 5. The molecule has 48 heavy (non-hydrogen) atoms. The van der Waals surface area contributed by atoms with Crippen LogP contribution in [0.25, 0.3) is 64.9 Å². The number of nitrogens with zero attached hydrogens (tertiary/aromatic N) is 2. The summed E-state index contributed by atoms with van der Waals surface area (Å²) in [5.74, 6) is 0. The first-order valence-electron chi connectivity index (χ1n) is 15.8. The van der Waals surface area contributed by atoms with Crippen molar-refractivity contribution in [3.05, 3.63) is 164 Å². The predicted octanol–water partition coefficient (Wildman–Crippen LogP) is 11.3. The molecule has 0 aliphatic carbocycles. The Morgan fingerprint density at radius 2 is 1.25 bits per heavy atom. The molecule has 0 aliphatic rings. The molecule has 5 heteroatoms. The Morgan fingerprint density at radius 3 is 1.90 bits per heavy atom. The summed E-state index contributed by atoms with van der Waals surface area (Å²) in [6.45, 7) is 7.00. The summed E-state index contributed by atoms with van der Waals surface area (Å²) in [4.78, 5) is 9.15. The summed E-state index contributed by atoms with van der Waals surface area (Å²) < 4.78 is 2.55. The molecule has 3 heterocycles. The second kappa shape index (κ2) is 14.7. The van der Waals surface area contributed by atoms with Gasteiger partial charge in [-0.25, -0.2) is 0 Å². The van der Waals surface area contributed by atoms with Gasteiger partial charge < -0.3 is 9.97 Å². The minimum Gasteiger partial charge on any atom is -0.305 e. The molecule has 0 bridgehead atoms. The Balaban J connectivity index is 0.000000201. The summed E-state index contributed by atoms with van der Waals surface area (Å²) in [5.41, 5.74) is 8.90. The minimum absolute atomic E-state index is 0.